The van der Waals surface area contributed by atoms with Crippen LogP contribution in [0.15, 0.2) is 0 Å². The van der Waals surface area contributed by atoms with Gasteiger partial charge in [0.1, 0.15) is 5.21 Å². The van der Waals surface area contributed by atoms with Crippen molar-refractivity contribution < 1.29 is 8.42 Å². The fourth-order valence-corrected chi connectivity index (χ4v) is 3.21. The van der Waals surface area contributed by atoms with E-state index in [4.69, 9.17) is 11.6 Å². The van der Waals surface area contributed by atoms with Gasteiger partial charge >= 0.3 is 0 Å². The van der Waals surface area contributed by atoms with Gasteiger partial charge in [-0.05, 0) is 12.8 Å². The van der Waals surface area contributed by atoms with E-state index in [9.17, 15) is 8.42 Å². The van der Waals surface area contributed by atoms with Crippen LogP contribution in [0, 0.1) is 0 Å². The monoisotopic (exact) mass is 239 g/mol. The maximum Gasteiger partial charge on any atom is 0.228 e. The van der Waals surface area contributed by atoms with Gasteiger partial charge in [-0.2, -0.15) is 0 Å². The lowest BCUT2D eigenvalue weighted by atomic mass is 10.1. The van der Waals surface area contributed by atoms with Crippen molar-refractivity contribution >= 4 is 21.6 Å². The zero-order valence-electron chi connectivity index (χ0n) is 8.58. The molecular weight excluding hydrogens is 222 g/mol. The number of hydrogen-bond acceptors (Lipinski definition) is 2. The van der Waals surface area contributed by atoms with Crippen LogP contribution in [-0.4, -0.2) is 31.0 Å². The van der Waals surface area contributed by atoms with Crippen molar-refractivity contribution in [1.29, 1.82) is 0 Å². The normalized spacial score (nSPS) is 21.1. The summed E-state index contributed by atoms with van der Waals surface area (Å²) in [6.45, 7) is 0. The third-order valence-corrected chi connectivity index (χ3v) is 5.19. The van der Waals surface area contributed by atoms with Crippen molar-refractivity contribution in [2.75, 3.05) is 12.3 Å². The average molecular weight is 240 g/mol. The summed E-state index contributed by atoms with van der Waals surface area (Å²) >= 11 is 5.42. The summed E-state index contributed by atoms with van der Waals surface area (Å²) in [4.78, 5) is 0. The molecule has 0 aliphatic heterocycles. The van der Waals surface area contributed by atoms with Gasteiger partial charge in [-0.1, -0.05) is 25.7 Å². The number of sulfonamides is 1. The van der Waals surface area contributed by atoms with Crippen LogP contribution < -0.4 is 0 Å². The second-order valence-electron chi connectivity index (χ2n) is 3.88. The minimum atomic E-state index is -3.22. The molecule has 84 valence electrons. The first-order chi connectivity index (χ1) is 6.58. The van der Waals surface area contributed by atoms with E-state index in [0.717, 1.165) is 25.7 Å². The summed E-state index contributed by atoms with van der Waals surface area (Å²) in [7, 11) is -1.57. The van der Waals surface area contributed by atoms with E-state index in [-0.39, 0.29) is 11.3 Å². The molecule has 0 spiro atoms. The molecule has 0 saturated heterocycles. The van der Waals surface area contributed by atoms with Gasteiger partial charge in [0, 0.05) is 13.1 Å². The number of rotatable bonds is 3. The molecular formula is C9H18ClNO2S. The number of nitrogens with zero attached hydrogens (tertiary/aromatic N) is 1. The molecule has 0 aromatic heterocycles. The molecule has 0 atom stereocenters. The van der Waals surface area contributed by atoms with E-state index >= 15 is 0 Å². The molecule has 1 saturated carbocycles. The highest BCUT2D eigenvalue weighted by Crippen LogP contribution is 2.23. The van der Waals surface area contributed by atoms with Crippen molar-refractivity contribution in [2.24, 2.45) is 0 Å². The van der Waals surface area contributed by atoms with Gasteiger partial charge in [-0.15, -0.1) is 11.6 Å². The molecule has 5 heteroatoms. The Morgan fingerprint density at radius 1 is 1.21 bits per heavy atom. The first kappa shape index (κ1) is 12.3. The Hall–Kier alpha value is 0.200. The summed E-state index contributed by atoms with van der Waals surface area (Å²) in [6, 6.07) is 0.168. The maximum absolute atomic E-state index is 11.5. The fourth-order valence-electron chi connectivity index (χ4n) is 1.93. The molecule has 1 rings (SSSR count). The highest BCUT2D eigenvalue weighted by molar-refractivity contribution is 7.90. The molecule has 1 aliphatic rings. The van der Waals surface area contributed by atoms with Crippen LogP contribution in [0.3, 0.4) is 0 Å². The molecule has 1 aliphatic carbocycles. The quantitative estimate of drug-likeness (QED) is 0.559. The van der Waals surface area contributed by atoms with E-state index in [1.165, 1.54) is 17.1 Å². The standard InChI is InChI=1S/C9H18ClNO2S/c1-11(14(12,13)8-10)9-6-4-2-3-5-7-9/h9H,2-8H2,1H3. The van der Waals surface area contributed by atoms with Crippen molar-refractivity contribution in [3.05, 3.63) is 0 Å². The summed E-state index contributed by atoms with van der Waals surface area (Å²) in [5.74, 6) is 0. The molecule has 14 heavy (non-hydrogen) atoms. The molecule has 0 amide bonds. The Morgan fingerprint density at radius 3 is 2.14 bits per heavy atom. The first-order valence-electron chi connectivity index (χ1n) is 5.09. The first-order valence-corrected chi connectivity index (χ1v) is 7.24. The van der Waals surface area contributed by atoms with Crippen LogP contribution in [0.5, 0.6) is 0 Å². The SMILES string of the molecule is CN(C1CCCCCC1)S(=O)(=O)CCl. The number of alkyl halides is 1. The molecule has 0 heterocycles. The van der Waals surface area contributed by atoms with Crippen LogP contribution in [0.4, 0.5) is 0 Å². The summed E-state index contributed by atoms with van der Waals surface area (Å²) in [6.07, 6.45) is 6.68. The van der Waals surface area contributed by atoms with E-state index in [1.54, 1.807) is 7.05 Å². The van der Waals surface area contributed by atoms with E-state index < -0.39 is 10.0 Å². The highest BCUT2D eigenvalue weighted by atomic mass is 35.5. The van der Waals surface area contributed by atoms with Crippen molar-refractivity contribution in [3.8, 4) is 0 Å². The smallest absolute Gasteiger partial charge is 0.211 e. The fraction of sp³-hybridized carbons (Fsp3) is 1.00. The Kier molecular flexibility index (Phi) is 4.67. The average Bonchev–Trinajstić information content (AvgIpc) is 2.44. The Labute approximate surface area is 91.5 Å². The topological polar surface area (TPSA) is 37.4 Å². The number of hydrogen-bond donors (Lipinski definition) is 0. The van der Waals surface area contributed by atoms with Gasteiger partial charge in [0.15, 0.2) is 0 Å². The predicted molar refractivity (Wildman–Crippen MR) is 58.9 cm³/mol. The van der Waals surface area contributed by atoms with E-state index in [1.807, 2.05) is 0 Å². The van der Waals surface area contributed by atoms with E-state index in [0.29, 0.717) is 0 Å². The summed E-state index contributed by atoms with van der Waals surface area (Å²) in [5.41, 5.74) is 0. The summed E-state index contributed by atoms with van der Waals surface area (Å²) in [5, 5.41) is -0.306. The Bertz CT molecular complexity index is 258. The van der Waals surface area contributed by atoms with Crippen molar-refractivity contribution in [1.82, 2.24) is 4.31 Å². The van der Waals surface area contributed by atoms with Crippen LogP contribution in [0.2, 0.25) is 0 Å². The van der Waals surface area contributed by atoms with Crippen LogP contribution in [0.25, 0.3) is 0 Å². The van der Waals surface area contributed by atoms with Gasteiger partial charge in [0.05, 0.1) is 0 Å². The van der Waals surface area contributed by atoms with Crippen molar-refractivity contribution in [3.63, 3.8) is 0 Å². The molecule has 1 fully saturated rings. The molecule has 0 bridgehead atoms. The summed E-state index contributed by atoms with van der Waals surface area (Å²) < 4.78 is 24.5. The van der Waals surface area contributed by atoms with E-state index in [2.05, 4.69) is 0 Å². The third kappa shape index (κ3) is 3.11. The van der Waals surface area contributed by atoms with Gasteiger partial charge in [-0.25, -0.2) is 12.7 Å². The van der Waals surface area contributed by atoms with Gasteiger partial charge < -0.3 is 0 Å². The highest BCUT2D eigenvalue weighted by Gasteiger charge is 2.25. The number of halogens is 1. The molecule has 0 radical (unpaired) electrons. The predicted octanol–water partition coefficient (Wildman–Crippen LogP) is 2.17. The van der Waals surface area contributed by atoms with Crippen LogP contribution in [-0.2, 0) is 10.0 Å². The maximum atomic E-state index is 11.5. The largest absolute Gasteiger partial charge is 0.228 e. The van der Waals surface area contributed by atoms with Crippen LogP contribution >= 0.6 is 11.6 Å². The van der Waals surface area contributed by atoms with Gasteiger partial charge in [-0.3, -0.25) is 0 Å². The second-order valence-corrected chi connectivity index (χ2v) is 6.50. The second kappa shape index (κ2) is 5.33. The minimum Gasteiger partial charge on any atom is -0.211 e. The molecule has 0 N–H and O–H groups in total. The zero-order chi connectivity index (χ0) is 10.6. The van der Waals surface area contributed by atoms with Crippen LogP contribution in [0.1, 0.15) is 38.5 Å². The molecule has 3 nitrogen and oxygen atoms in total. The molecule has 0 aromatic rings. The lowest BCUT2D eigenvalue weighted by Crippen LogP contribution is -2.37. The Morgan fingerprint density at radius 2 is 1.71 bits per heavy atom. The van der Waals surface area contributed by atoms with Gasteiger partial charge in [0.25, 0.3) is 0 Å². The van der Waals surface area contributed by atoms with Crippen molar-refractivity contribution in [2.45, 2.75) is 44.6 Å². The zero-order valence-corrected chi connectivity index (χ0v) is 10.1. The minimum absolute atomic E-state index is 0.168. The third-order valence-electron chi connectivity index (χ3n) is 2.92. The lowest BCUT2D eigenvalue weighted by Gasteiger charge is -2.25. The van der Waals surface area contributed by atoms with Gasteiger partial charge in [0.2, 0.25) is 10.0 Å². The molecule has 0 aromatic carbocycles. The Balaban J connectivity index is 2.62. The lowest BCUT2D eigenvalue weighted by molar-refractivity contribution is 0.337. The molecule has 0 unspecified atom stereocenters.